The number of sulfonamides is 1. The zero-order valence-corrected chi connectivity index (χ0v) is 13.1. The first kappa shape index (κ1) is 16.0. The van der Waals surface area contributed by atoms with Crippen LogP contribution in [0.5, 0.6) is 0 Å². The smallest absolute Gasteiger partial charge is 0.257 e. The van der Waals surface area contributed by atoms with Crippen molar-refractivity contribution in [3.05, 3.63) is 23.0 Å². The number of piperidine rings is 1. The van der Waals surface area contributed by atoms with Crippen LogP contribution in [0.3, 0.4) is 0 Å². The molecule has 7 nitrogen and oxygen atoms in total. The molecule has 1 fully saturated rings. The van der Waals surface area contributed by atoms with E-state index in [4.69, 9.17) is 17.3 Å². The van der Waals surface area contributed by atoms with Gasteiger partial charge in [0.25, 0.3) is 5.91 Å². The number of amides is 1. The number of likely N-dealkylation sites (tertiary alicyclic amines) is 1. The fourth-order valence-electron chi connectivity index (χ4n) is 2.29. The number of rotatable bonds is 3. The third kappa shape index (κ3) is 4.29. The molecule has 3 N–H and O–H groups in total. The van der Waals surface area contributed by atoms with E-state index in [2.05, 4.69) is 9.71 Å². The van der Waals surface area contributed by atoms with Gasteiger partial charge in [-0.1, -0.05) is 11.6 Å². The van der Waals surface area contributed by atoms with Gasteiger partial charge in [0, 0.05) is 19.1 Å². The molecule has 21 heavy (non-hydrogen) atoms. The van der Waals surface area contributed by atoms with Crippen molar-refractivity contribution < 1.29 is 13.2 Å². The van der Waals surface area contributed by atoms with Gasteiger partial charge < -0.3 is 10.6 Å². The number of halogens is 1. The molecule has 2 rings (SSSR count). The van der Waals surface area contributed by atoms with Crippen molar-refractivity contribution in [3.8, 4) is 0 Å². The van der Waals surface area contributed by atoms with Crippen molar-refractivity contribution in [1.82, 2.24) is 14.6 Å². The fourth-order valence-corrected chi connectivity index (χ4v) is 3.31. The molecule has 0 bridgehead atoms. The molecule has 0 saturated carbocycles. The van der Waals surface area contributed by atoms with Crippen molar-refractivity contribution in [2.24, 2.45) is 0 Å². The van der Waals surface area contributed by atoms with Gasteiger partial charge >= 0.3 is 0 Å². The Morgan fingerprint density at radius 3 is 2.67 bits per heavy atom. The molecule has 9 heteroatoms. The molecule has 1 aromatic heterocycles. The van der Waals surface area contributed by atoms with Crippen molar-refractivity contribution in [3.63, 3.8) is 0 Å². The van der Waals surface area contributed by atoms with Crippen LogP contribution < -0.4 is 10.5 Å². The molecule has 1 saturated heterocycles. The first-order chi connectivity index (χ1) is 9.76. The van der Waals surface area contributed by atoms with Crippen LogP contribution in [0.1, 0.15) is 23.2 Å². The molecular weight excluding hydrogens is 316 g/mol. The summed E-state index contributed by atoms with van der Waals surface area (Å²) in [6, 6.07) is 1.36. The lowest BCUT2D eigenvalue weighted by molar-refractivity contribution is 0.0711. The van der Waals surface area contributed by atoms with Crippen LogP contribution in [0.15, 0.2) is 12.3 Å². The summed E-state index contributed by atoms with van der Waals surface area (Å²) in [5.41, 5.74) is 6.26. The maximum Gasteiger partial charge on any atom is 0.257 e. The Morgan fingerprint density at radius 1 is 1.48 bits per heavy atom. The van der Waals surface area contributed by atoms with Crippen LogP contribution in [0, 0.1) is 0 Å². The second-order valence-corrected chi connectivity index (χ2v) is 7.20. The number of nitrogens with one attached hydrogen (secondary N) is 1. The van der Waals surface area contributed by atoms with Gasteiger partial charge in [-0.3, -0.25) is 4.79 Å². The number of hydrogen-bond donors (Lipinski definition) is 2. The van der Waals surface area contributed by atoms with E-state index in [1.807, 2.05) is 0 Å². The number of nitrogens with zero attached hydrogens (tertiary/aromatic N) is 2. The third-order valence-electron chi connectivity index (χ3n) is 3.25. The number of carbonyl (C=O) groups excluding carboxylic acids is 1. The number of aromatic nitrogens is 1. The lowest BCUT2D eigenvalue weighted by Crippen LogP contribution is -2.46. The Labute approximate surface area is 128 Å². The van der Waals surface area contributed by atoms with Gasteiger partial charge in [0.2, 0.25) is 10.0 Å². The monoisotopic (exact) mass is 332 g/mol. The summed E-state index contributed by atoms with van der Waals surface area (Å²) >= 11 is 5.92. The largest absolute Gasteiger partial charge is 0.397 e. The number of carbonyl (C=O) groups is 1. The van der Waals surface area contributed by atoms with E-state index in [9.17, 15) is 13.2 Å². The Kier molecular flexibility index (Phi) is 4.70. The highest BCUT2D eigenvalue weighted by atomic mass is 35.5. The van der Waals surface area contributed by atoms with E-state index in [1.165, 1.54) is 12.3 Å². The summed E-state index contributed by atoms with van der Waals surface area (Å²) in [7, 11) is -3.23. The van der Waals surface area contributed by atoms with Crippen LogP contribution in [0.4, 0.5) is 5.69 Å². The summed E-state index contributed by atoms with van der Waals surface area (Å²) in [6.45, 7) is 0.911. The first-order valence-corrected chi connectivity index (χ1v) is 8.71. The van der Waals surface area contributed by atoms with Crippen molar-refractivity contribution in [1.29, 1.82) is 0 Å². The predicted octanol–water partition coefficient (Wildman–Crippen LogP) is 0.471. The zero-order chi connectivity index (χ0) is 15.6. The zero-order valence-electron chi connectivity index (χ0n) is 11.5. The minimum absolute atomic E-state index is 0.116. The van der Waals surface area contributed by atoms with Crippen molar-refractivity contribution in [2.75, 3.05) is 25.1 Å². The quantitative estimate of drug-likeness (QED) is 0.783. The standard InChI is InChI=1S/C12H17ClN4O3S/c1-21(19,20)16-9-2-4-17(5-3-9)12(18)10-6-8(14)7-15-11(10)13/h6-7,9,16H,2-5,14H2,1H3. The molecule has 0 aromatic carbocycles. The number of pyridine rings is 1. The molecule has 1 aliphatic rings. The van der Waals surface area contributed by atoms with E-state index in [1.54, 1.807) is 4.90 Å². The summed E-state index contributed by atoms with van der Waals surface area (Å²) in [6.07, 6.45) is 3.64. The Bertz CT molecular complexity index is 642. The first-order valence-electron chi connectivity index (χ1n) is 6.44. The Balaban J connectivity index is 2.02. The maximum atomic E-state index is 12.4. The molecule has 116 valence electrons. The summed E-state index contributed by atoms with van der Waals surface area (Å²) in [5, 5.41) is 0.116. The third-order valence-corrected chi connectivity index (χ3v) is 4.32. The topological polar surface area (TPSA) is 105 Å². The van der Waals surface area contributed by atoms with Gasteiger partial charge in [-0.05, 0) is 18.9 Å². The molecule has 0 spiro atoms. The summed E-state index contributed by atoms with van der Waals surface area (Å²) in [4.78, 5) is 17.9. The predicted molar refractivity (Wildman–Crippen MR) is 80.6 cm³/mol. The average Bonchev–Trinajstić information content (AvgIpc) is 2.40. The molecule has 0 aliphatic carbocycles. The molecule has 1 amide bonds. The Hall–Kier alpha value is -1.38. The number of anilines is 1. The summed E-state index contributed by atoms with van der Waals surface area (Å²) in [5.74, 6) is -0.238. The highest BCUT2D eigenvalue weighted by Gasteiger charge is 2.26. The van der Waals surface area contributed by atoms with Crippen LogP contribution in [-0.2, 0) is 10.0 Å². The van der Waals surface area contributed by atoms with Gasteiger partial charge in [-0.25, -0.2) is 18.1 Å². The molecule has 0 unspecified atom stereocenters. The van der Waals surface area contributed by atoms with E-state index in [-0.39, 0.29) is 22.7 Å². The SMILES string of the molecule is CS(=O)(=O)NC1CCN(C(=O)c2cc(N)cnc2Cl)CC1. The normalized spacial score (nSPS) is 17.0. The number of nitrogens with two attached hydrogens (primary N) is 1. The average molecular weight is 333 g/mol. The second-order valence-electron chi connectivity index (χ2n) is 5.06. The lowest BCUT2D eigenvalue weighted by Gasteiger charge is -2.32. The van der Waals surface area contributed by atoms with Gasteiger partial charge in [0.15, 0.2) is 0 Å². The molecule has 1 aromatic rings. The minimum atomic E-state index is -3.23. The van der Waals surface area contributed by atoms with Crippen LogP contribution in [0.2, 0.25) is 5.15 Å². The van der Waals surface area contributed by atoms with Crippen LogP contribution in [-0.4, -0.2) is 49.6 Å². The molecule has 2 heterocycles. The van der Waals surface area contributed by atoms with Crippen molar-refractivity contribution in [2.45, 2.75) is 18.9 Å². The fraction of sp³-hybridized carbons (Fsp3) is 0.500. The van der Waals surface area contributed by atoms with Crippen LogP contribution >= 0.6 is 11.6 Å². The van der Waals surface area contributed by atoms with Gasteiger partial charge in [0.1, 0.15) is 5.15 Å². The van der Waals surface area contributed by atoms with Gasteiger partial charge in [0.05, 0.1) is 23.7 Å². The van der Waals surface area contributed by atoms with E-state index in [0.717, 1.165) is 6.26 Å². The van der Waals surface area contributed by atoms with E-state index in [0.29, 0.717) is 31.6 Å². The number of nitrogen functional groups attached to an aromatic ring is 1. The molecule has 0 radical (unpaired) electrons. The lowest BCUT2D eigenvalue weighted by atomic mass is 10.1. The van der Waals surface area contributed by atoms with Crippen LogP contribution in [0.25, 0.3) is 0 Å². The molecular formula is C12H17ClN4O3S. The molecule has 1 aliphatic heterocycles. The van der Waals surface area contributed by atoms with Crippen molar-refractivity contribution >= 4 is 33.2 Å². The molecule has 0 atom stereocenters. The highest BCUT2D eigenvalue weighted by molar-refractivity contribution is 7.88. The van der Waals surface area contributed by atoms with Gasteiger partial charge in [-0.15, -0.1) is 0 Å². The van der Waals surface area contributed by atoms with E-state index < -0.39 is 10.0 Å². The second kappa shape index (κ2) is 6.17. The summed E-state index contributed by atoms with van der Waals surface area (Å²) < 4.78 is 24.9. The minimum Gasteiger partial charge on any atom is -0.397 e. The number of hydrogen-bond acceptors (Lipinski definition) is 5. The van der Waals surface area contributed by atoms with E-state index >= 15 is 0 Å². The Morgan fingerprint density at radius 2 is 2.10 bits per heavy atom. The van der Waals surface area contributed by atoms with Gasteiger partial charge in [-0.2, -0.15) is 0 Å². The maximum absolute atomic E-state index is 12.4. The highest BCUT2D eigenvalue weighted by Crippen LogP contribution is 2.20.